The number of pyridine rings is 1. The number of benzene rings is 3. The number of carboxylic acid groups (broad SMARTS) is 1. The topological polar surface area (TPSA) is 119 Å². The van der Waals surface area contributed by atoms with Gasteiger partial charge in [0, 0.05) is 55.4 Å². The Hall–Kier alpha value is -5.12. The number of carbonyl (C=O) groups is 1. The van der Waals surface area contributed by atoms with Crippen LogP contribution >= 0.6 is 11.6 Å². The molecule has 13 heteroatoms. The second-order valence-corrected chi connectivity index (χ2v) is 12.1. The molecule has 5 aromatic rings. The minimum absolute atomic E-state index is 0.0328. The lowest BCUT2D eigenvalue weighted by Gasteiger charge is -2.39. The molecule has 0 saturated carbocycles. The van der Waals surface area contributed by atoms with Crippen molar-refractivity contribution < 1.29 is 23.4 Å². The summed E-state index contributed by atoms with van der Waals surface area (Å²) in [6.07, 6.45) is 1.04. The third-order valence-electron chi connectivity index (χ3n) is 8.80. The third kappa shape index (κ3) is 5.51. The van der Waals surface area contributed by atoms with Crippen LogP contribution in [-0.4, -0.2) is 75.2 Å². The molecule has 1 fully saturated rings. The molecule has 0 spiro atoms. The first-order chi connectivity index (χ1) is 22.7. The van der Waals surface area contributed by atoms with Crippen molar-refractivity contribution in [3.63, 3.8) is 0 Å². The van der Waals surface area contributed by atoms with Gasteiger partial charge in [0.2, 0.25) is 0 Å². The van der Waals surface area contributed by atoms with E-state index in [-0.39, 0.29) is 53.7 Å². The maximum atomic E-state index is 16.8. The lowest BCUT2D eigenvalue weighted by Crippen LogP contribution is -2.55. The number of rotatable bonds is 5. The molecule has 10 nitrogen and oxygen atoms in total. The molecule has 2 aliphatic rings. The number of hydrogen-bond donors (Lipinski definition) is 1. The summed E-state index contributed by atoms with van der Waals surface area (Å²) in [5.74, 6) is -0.566. The molecule has 47 heavy (non-hydrogen) atoms. The SMILES string of the molecule is CN1CCc2c(cccc2Oc2nc(N3CCN(C(=O)O)[C@@H](CC#N)C3)c3cnc(-c4cccc5ccc(F)c(Cl)c45)c(F)c3n2)C1. The van der Waals surface area contributed by atoms with Gasteiger partial charge in [-0.25, -0.2) is 13.6 Å². The van der Waals surface area contributed by atoms with Gasteiger partial charge in [-0.05, 0) is 36.6 Å². The first-order valence-electron chi connectivity index (χ1n) is 15.1. The Labute approximate surface area is 273 Å². The minimum Gasteiger partial charge on any atom is -0.465 e. The fourth-order valence-corrected chi connectivity index (χ4v) is 6.77. The number of fused-ring (bicyclic) bond motifs is 3. The summed E-state index contributed by atoms with van der Waals surface area (Å²) in [5.41, 5.74) is 2.26. The van der Waals surface area contributed by atoms with Crippen molar-refractivity contribution in [2.75, 3.05) is 38.1 Å². The van der Waals surface area contributed by atoms with Gasteiger partial charge in [0.05, 0.1) is 28.9 Å². The summed E-state index contributed by atoms with van der Waals surface area (Å²) in [6.45, 7) is 2.07. The Kier molecular flexibility index (Phi) is 7.95. The second-order valence-electron chi connectivity index (χ2n) is 11.7. The first-order valence-corrected chi connectivity index (χ1v) is 15.4. The summed E-state index contributed by atoms with van der Waals surface area (Å²) in [4.78, 5) is 30.9. The van der Waals surface area contributed by atoms with Gasteiger partial charge in [-0.1, -0.05) is 48.0 Å². The lowest BCUT2D eigenvalue weighted by atomic mass is 9.99. The molecular formula is C34H28ClF2N7O3. The zero-order chi connectivity index (χ0) is 32.8. The van der Waals surface area contributed by atoms with Gasteiger partial charge in [0.15, 0.2) is 5.82 Å². The van der Waals surface area contributed by atoms with Crippen LogP contribution in [0.25, 0.3) is 32.9 Å². The quantitative estimate of drug-likeness (QED) is 0.222. The Bertz CT molecular complexity index is 2110. The van der Waals surface area contributed by atoms with Crippen molar-refractivity contribution in [3.05, 3.63) is 82.5 Å². The normalized spacial score (nSPS) is 16.7. The monoisotopic (exact) mass is 655 g/mol. The smallest absolute Gasteiger partial charge is 0.407 e. The number of amides is 1. The van der Waals surface area contributed by atoms with E-state index >= 15 is 4.39 Å². The van der Waals surface area contributed by atoms with Gasteiger partial charge in [-0.15, -0.1) is 0 Å². The van der Waals surface area contributed by atoms with Crippen LogP contribution in [0.4, 0.5) is 19.4 Å². The molecule has 2 aromatic heterocycles. The van der Waals surface area contributed by atoms with Gasteiger partial charge in [-0.3, -0.25) is 4.98 Å². The molecule has 1 atom stereocenters. The van der Waals surface area contributed by atoms with E-state index in [1.807, 2.05) is 25.2 Å². The van der Waals surface area contributed by atoms with Crippen LogP contribution < -0.4 is 9.64 Å². The van der Waals surface area contributed by atoms with Crippen molar-refractivity contribution in [1.29, 1.82) is 5.26 Å². The van der Waals surface area contributed by atoms with E-state index in [1.165, 1.54) is 17.2 Å². The van der Waals surface area contributed by atoms with Crippen molar-refractivity contribution in [1.82, 2.24) is 24.8 Å². The molecule has 4 heterocycles. The fourth-order valence-electron chi connectivity index (χ4n) is 6.49. The van der Waals surface area contributed by atoms with Crippen molar-refractivity contribution in [2.24, 2.45) is 0 Å². The Balaban J connectivity index is 1.40. The van der Waals surface area contributed by atoms with Crippen LogP contribution in [0.15, 0.2) is 54.7 Å². The molecule has 1 amide bonds. The highest BCUT2D eigenvalue weighted by atomic mass is 35.5. The molecule has 0 bridgehead atoms. The van der Waals surface area contributed by atoms with E-state index in [2.05, 4.69) is 20.9 Å². The maximum absolute atomic E-state index is 16.8. The van der Waals surface area contributed by atoms with Gasteiger partial charge in [0.25, 0.3) is 0 Å². The fraction of sp³-hybridized carbons (Fsp3) is 0.265. The summed E-state index contributed by atoms with van der Waals surface area (Å²) >= 11 is 6.39. The van der Waals surface area contributed by atoms with Gasteiger partial charge in [-0.2, -0.15) is 15.2 Å². The van der Waals surface area contributed by atoms with E-state index in [1.54, 1.807) is 29.2 Å². The van der Waals surface area contributed by atoms with Gasteiger partial charge >= 0.3 is 12.1 Å². The molecule has 1 saturated heterocycles. The molecule has 7 rings (SSSR count). The lowest BCUT2D eigenvalue weighted by molar-refractivity contribution is 0.119. The van der Waals surface area contributed by atoms with Crippen LogP contribution in [-0.2, 0) is 13.0 Å². The number of nitrogens with zero attached hydrogens (tertiary/aromatic N) is 7. The van der Waals surface area contributed by atoms with Crippen molar-refractivity contribution >= 4 is 45.2 Å². The molecule has 3 aromatic carbocycles. The molecule has 2 aliphatic heterocycles. The maximum Gasteiger partial charge on any atom is 0.407 e. The second kappa shape index (κ2) is 12.2. The predicted molar refractivity (Wildman–Crippen MR) is 173 cm³/mol. The average molecular weight is 656 g/mol. The molecule has 0 radical (unpaired) electrons. The summed E-state index contributed by atoms with van der Waals surface area (Å²) in [7, 11) is 2.05. The number of nitriles is 1. The number of hydrogen-bond acceptors (Lipinski definition) is 8. The highest BCUT2D eigenvalue weighted by molar-refractivity contribution is 6.36. The highest BCUT2D eigenvalue weighted by Crippen LogP contribution is 2.39. The number of anilines is 1. The molecule has 0 aliphatic carbocycles. The van der Waals surface area contributed by atoms with Crippen LogP contribution in [0.1, 0.15) is 17.5 Å². The molecular weight excluding hydrogens is 628 g/mol. The van der Waals surface area contributed by atoms with Gasteiger partial charge in [0.1, 0.15) is 28.6 Å². The van der Waals surface area contributed by atoms with E-state index in [0.29, 0.717) is 27.9 Å². The first kappa shape index (κ1) is 30.5. The number of halogens is 3. The van der Waals surface area contributed by atoms with Crippen LogP contribution in [0, 0.1) is 23.0 Å². The summed E-state index contributed by atoms with van der Waals surface area (Å²) in [5, 5.41) is 20.2. The summed E-state index contributed by atoms with van der Waals surface area (Å²) in [6, 6.07) is 15.0. The minimum atomic E-state index is -1.12. The van der Waals surface area contributed by atoms with E-state index in [9.17, 15) is 19.6 Å². The number of likely N-dealkylation sites (N-methyl/N-ethyl adjacent to an activating group) is 1. The Morgan fingerprint density at radius 1 is 1.13 bits per heavy atom. The van der Waals surface area contributed by atoms with E-state index < -0.39 is 23.8 Å². The van der Waals surface area contributed by atoms with Crippen LogP contribution in [0.5, 0.6) is 11.8 Å². The van der Waals surface area contributed by atoms with Gasteiger partial charge < -0.3 is 24.5 Å². The number of piperazine rings is 1. The number of ether oxygens (including phenoxy) is 1. The van der Waals surface area contributed by atoms with Crippen molar-refractivity contribution in [3.8, 4) is 29.1 Å². The molecule has 238 valence electrons. The standard InChI is InChI=1S/C34H28ClF2N7O3/c1-42-13-11-22-20(17-42)5-3-7-26(22)47-33-40-31-24(32(41-33)43-14-15-44(34(45)46)21(18-43)10-12-38)16-39-30(29(31)37)23-6-2-4-19-8-9-25(36)28(35)27(19)23/h2-9,16,21H,10-11,13-15,17-18H2,1H3,(H,45,46)/t21-/m0/s1. The van der Waals surface area contributed by atoms with Crippen LogP contribution in [0.2, 0.25) is 5.02 Å². The van der Waals surface area contributed by atoms with E-state index in [4.69, 9.17) is 21.3 Å². The third-order valence-corrected chi connectivity index (χ3v) is 9.17. The number of aromatic nitrogens is 3. The van der Waals surface area contributed by atoms with Crippen molar-refractivity contribution in [2.45, 2.75) is 25.4 Å². The van der Waals surface area contributed by atoms with Crippen LogP contribution in [0.3, 0.4) is 0 Å². The zero-order valence-corrected chi connectivity index (χ0v) is 26.0. The summed E-state index contributed by atoms with van der Waals surface area (Å²) < 4.78 is 37.6. The predicted octanol–water partition coefficient (Wildman–Crippen LogP) is 6.64. The largest absolute Gasteiger partial charge is 0.465 e. The van der Waals surface area contributed by atoms with E-state index in [0.717, 1.165) is 30.6 Å². The average Bonchev–Trinajstić information content (AvgIpc) is 3.06. The molecule has 0 unspecified atom stereocenters. The Morgan fingerprint density at radius 2 is 1.96 bits per heavy atom. The zero-order valence-electron chi connectivity index (χ0n) is 25.3. The Morgan fingerprint density at radius 3 is 2.77 bits per heavy atom. The molecule has 1 N–H and O–H groups in total. The highest BCUT2D eigenvalue weighted by Gasteiger charge is 2.33.